The molecule has 0 saturated carbocycles. The molecule has 0 spiro atoms. The van der Waals surface area contributed by atoms with Crippen LogP contribution in [-0.2, 0) is 40.1 Å². The van der Waals surface area contributed by atoms with Gasteiger partial charge < -0.3 is 31.9 Å². The molecule has 3 saturated heterocycles. The Kier molecular flexibility index (Phi) is 17.8. The number of aromatic nitrogens is 6. The number of ketones is 3. The molecule has 360 valence electrons. The minimum Gasteiger partial charge on any atom is -0.368 e. The maximum Gasteiger partial charge on any atom is 0.221 e. The number of piperidine rings is 3. The van der Waals surface area contributed by atoms with Gasteiger partial charge >= 0.3 is 0 Å². The summed E-state index contributed by atoms with van der Waals surface area (Å²) in [5.74, 6) is 3.91. The molecule has 69 heavy (non-hydrogen) atoms. The predicted octanol–water partition coefficient (Wildman–Crippen LogP) is 8.74. The highest BCUT2D eigenvalue weighted by atomic mass is 79.9. The topological polar surface area (TPSA) is 216 Å². The van der Waals surface area contributed by atoms with Crippen LogP contribution < -0.4 is 31.9 Å². The Balaban J connectivity index is 0.000000153. The second kappa shape index (κ2) is 24.1. The van der Waals surface area contributed by atoms with Gasteiger partial charge in [-0.05, 0) is 59.4 Å². The fourth-order valence-corrected chi connectivity index (χ4v) is 9.45. The lowest BCUT2D eigenvalue weighted by molar-refractivity contribution is -0.120. The van der Waals surface area contributed by atoms with E-state index in [0.29, 0.717) is 98.5 Å². The number of hydrogen-bond donors (Lipinski definition) is 3. The molecule has 6 heterocycles. The Morgan fingerprint density at radius 3 is 1.43 bits per heavy atom. The first-order chi connectivity index (χ1) is 33.2. The number of Topliss-reactive ketones (excluding diaryl/α,β-unsaturated/α-hetero) is 3. The lowest BCUT2D eigenvalue weighted by Crippen LogP contribution is -2.37. The van der Waals surface area contributed by atoms with E-state index in [4.69, 9.17) is 52.0 Å². The number of rotatable bonds is 10. The average Bonchev–Trinajstić information content (AvgIpc) is 3.33. The van der Waals surface area contributed by atoms with Crippen molar-refractivity contribution in [2.75, 3.05) is 71.2 Å². The van der Waals surface area contributed by atoms with Crippen LogP contribution >= 0.6 is 50.7 Å². The van der Waals surface area contributed by atoms with Crippen LogP contribution in [0.15, 0.2) is 83.7 Å². The molecule has 6 N–H and O–H groups in total. The largest absolute Gasteiger partial charge is 0.368 e. The maximum absolute atomic E-state index is 11.8. The molecule has 15 nitrogen and oxygen atoms in total. The molecule has 0 amide bonds. The lowest BCUT2D eigenvalue weighted by atomic mass is 10.0. The van der Waals surface area contributed by atoms with E-state index in [-0.39, 0.29) is 29.4 Å². The standard InChI is InChI=1S/C18H22N4O.C16H16BrClN4O.C16H16Cl2N4O/c1-2-13-5-7-14(8-6-13)10-15-11-20-18(19)21-17(15)22-9-3-4-16(23)12-22;2*17-12-2-1-10(14(18)8-12)7-11-9-20-16(19)21-15(11)22-5-3-13(23)4-6-22/h5-8,11H,2-4,9-10,12H2,1H3,(H2,19,20,21);2*1-2,8-9H,3-7H2,(H2,19,20,21). The summed E-state index contributed by atoms with van der Waals surface area (Å²) in [6.07, 6.45) is 11.9. The number of aryl methyl sites for hydroxylation is 1. The Hall–Kier alpha value is -5.94. The molecule has 3 fully saturated rings. The lowest BCUT2D eigenvalue weighted by Gasteiger charge is -2.28. The van der Waals surface area contributed by atoms with Gasteiger partial charge in [0.2, 0.25) is 17.8 Å². The molecule has 0 bridgehead atoms. The molecule has 3 aliphatic rings. The van der Waals surface area contributed by atoms with Gasteiger partial charge in [0.15, 0.2) is 5.78 Å². The quantitative estimate of drug-likeness (QED) is 0.117. The van der Waals surface area contributed by atoms with Gasteiger partial charge in [-0.2, -0.15) is 15.0 Å². The van der Waals surface area contributed by atoms with Gasteiger partial charge in [-0.3, -0.25) is 14.4 Å². The third kappa shape index (κ3) is 14.3. The number of hydrogen-bond acceptors (Lipinski definition) is 15. The number of nitrogen functional groups attached to an aromatic ring is 3. The first-order valence-electron chi connectivity index (χ1n) is 22.8. The summed E-state index contributed by atoms with van der Waals surface area (Å²) in [5, 5.41) is 1.90. The van der Waals surface area contributed by atoms with Crippen LogP contribution in [0.4, 0.5) is 35.3 Å². The number of carbonyl (C=O) groups excluding carboxylic acids is 3. The summed E-state index contributed by atoms with van der Waals surface area (Å²) in [4.78, 5) is 66.4. The SMILES string of the molecule is CCc1ccc(Cc2cnc(N)nc2N2CCCC(=O)C2)cc1.Nc1ncc(Cc2ccc(Br)cc2Cl)c(N2CCC(=O)CC2)n1.Nc1ncc(Cc2ccc(Cl)cc2Cl)c(N2CCC(=O)CC2)n1. The molecule has 0 unspecified atom stereocenters. The average molecular weight is 1060 g/mol. The number of carbonyl (C=O) groups is 3. The molecule has 3 aromatic carbocycles. The van der Waals surface area contributed by atoms with Crippen molar-refractivity contribution in [3.63, 3.8) is 0 Å². The van der Waals surface area contributed by atoms with E-state index >= 15 is 0 Å². The minimum atomic E-state index is 0.225. The zero-order chi connectivity index (χ0) is 49.0. The van der Waals surface area contributed by atoms with Crippen LogP contribution in [0.3, 0.4) is 0 Å². The smallest absolute Gasteiger partial charge is 0.221 e. The first kappa shape index (κ1) is 50.9. The predicted molar refractivity (Wildman–Crippen MR) is 279 cm³/mol. The normalized spacial score (nSPS) is 15.0. The highest BCUT2D eigenvalue weighted by Crippen LogP contribution is 2.31. The zero-order valence-corrected chi connectivity index (χ0v) is 42.2. The molecular formula is C50H54BrCl3N12O3. The number of anilines is 6. The molecule has 0 atom stereocenters. The van der Waals surface area contributed by atoms with Gasteiger partial charge in [0.25, 0.3) is 0 Å². The summed E-state index contributed by atoms with van der Waals surface area (Å²) in [5.41, 5.74) is 24.6. The molecule has 0 aliphatic carbocycles. The summed E-state index contributed by atoms with van der Waals surface area (Å²) < 4.78 is 0.939. The summed E-state index contributed by atoms with van der Waals surface area (Å²) >= 11 is 21.9. The van der Waals surface area contributed by atoms with Gasteiger partial charge in [0, 0.05) is 139 Å². The molecule has 3 aliphatic heterocycles. The highest BCUT2D eigenvalue weighted by molar-refractivity contribution is 9.10. The molecule has 19 heteroatoms. The molecule has 6 aromatic rings. The summed E-state index contributed by atoms with van der Waals surface area (Å²) in [7, 11) is 0. The van der Waals surface area contributed by atoms with E-state index in [0.717, 1.165) is 75.6 Å². The van der Waals surface area contributed by atoms with E-state index in [1.807, 2.05) is 29.2 Å². The van der Waals surface area contributed by atoms with E-state index in [2.05, 4.69) is 86.8 Å². The fourth-order valence-electron chi connectivity index (χ4n) is 8.24. The van der Waals surface area contributed by atoms with Gasteiger partial charge in [0.1, 0.15) is 29.0 Å². The van der Waals surface area contributed by atoms with E-state index in [1.54, 1.807) is 30.7 Å². The van der Waals surface area contributed by atoms with Crippen LogP contribution in [0.1, 0.15) is 84.4 Å². The van der Waals surface area contributed by atoms with Gasteiger partial charge in [-0.1, -0.05) is 94.1 Å². The van der Waals surface area contributed by atoms with Crippen molar-refractivity contribution < 1.29 is 14.4 Å². The first-order valence-corrected chi connectivity index (χ1v) is 24.7. The van der Waals surface area contributed by atoms with Crippen molar-refractivity contribution in [1.29, 1.82) is 0 Å². The Bertz CT molecular complexity index is 2650. The van der Waals surface area contributed by atoms with E-state index in [9.17, 15) is 14.4 Å². The van der Waals surface area contributed by atoms with E-state index < -0.39 is 0 Å². The Morgan fingerprint density at radius 1 is 0.522 bits per heavy atom. The maximum atomic E-state index is 11.8. The Morgan fingerprint density at radius 2 is 0.971 bits per heavy atom. The number of nitrogens with two attached hydrogens (primary N) is 3. The monoisotopic (exact) mass is 1050 g/mol. The molecule has 0 radical (unpaired) electrons. The van der Waals surface area contributed by atoms with Crippen LogP contribution in [0, 0.1) is 0 Å². The third-order valence-electron chi connectivity index (χ3n) is 12.0. The van der Waals surface area contributed by atoms with Crippen molar-refractivity contribution in [2.24, 2.45) is 0 Å². The van der Waals surface area contributed by atoms with Crippen LogP contribution in [0.5, 0.6) is 0 Å². The minimum absolute atomic E-state index is 0.225. The number of benzene rings is 3. The van der Waals surface area contributed by atoms with Crippen molar-refractivity contribution in [2.45, 2.75) is 71.1 Å². The fraction of sp³-hybridized carbons (Fsp3) is 0.340. The van der Waals surface area contributed by atoms with Crippen LogP contribution in [-0.4, -0.2) is 86.5 Å². The Labute approximate surface area is 425 Å². The number of nitrogens with zero attached hydrogens (tertiary/aromatic N) is 9. The molecular weight excluding hydrogens is 1000 g/mol. The van der Waals surface area contributed by atoms with Crippen molar-refractivity contribution in [1.82, 2.24) is 29.9 Å². The second-order valence-corrected chi connectivity index (χ2v) is 19.2. The summed E-state index contributed by atoms with van der Waals surface area (Å²) in [6, 6.07) is 19.8. The van der Waals surface area contributed by atoms with Crippen LogP contribution in [0.2, 0.25) is 15.1 Å². The molecule has 9 rings (SSSR count). The van der Waals surface area contributed by atoms with Gasteiger partial charge in [0.05, 0.1) is 6.54 Å². The van der Waals surface area contributed by atoms with Gasteiger partial charge in [-0.25, -0.2) is 15.0 Å². The summed E-state index contributed by atoms with van der Waals surface area (Å²) in [6.45, 7) is 6.02. The van der Waals surface area contributed by atoms with E-state index in [1.165, 1.54) is 11.1 Å². The number of halogens is 4. The molecule has 3 aromatic heterocycles. The van der Waals surface area contributed by atoms with Crippen molar-refractivity contribution >= 4 is 103 Å². The third-order valence-corrected chi connectivity index (χ3v) is 13.4. The van der Waals surface area contributed by atoms with Crippen molar-refractivity contribution in [3.8, 4) is 0 Å². The van der Waals surface area contributed by atoms with Gasteiger partial charge in [-0.15, -0.1) is 0 Å². The highest BCUT2D eigenvalue weighted by Gasteiger charge is 2.24. The van der Waals surface area contributed by atoms with Crippen LogP contribution in [0.25, 0.3) is 0 Å². The second-order valence-electron chi connectivity index (χ2n) is 17.0. The van der Waals surface area contributed by atoms with Crippen molar-refractivity contribution in [3.05, 3.63) is 138 Å². The zero-order valence-electron chi connectivity index (χ0n) is 38.3.